The third-order valence-corrected chi connectivity index (χ3v) is 4.23. The lowest BCUT2D eigenvalue weighted by atomic mass is 10.1. The molecule has 0 aliphatic heterocycles. The molecule has 24 heavy (non-hydrogen) atoms. The number of ether oxygens (including phenoxy) is 2. The van der Waals surface area contributed by atoms with Crippen LogP contribution in [0.3, 0.4) is 0 Å². The summed E-state index contributed by atoms with van der Waals surface area (Å²) >= 11 is 6.23. The minimum Gasteiger partial charge on any atom is -0.508 e. The third-order valence-electron chi connectivity index (χ3n) is 3.95. The summed E-state index contributed by atoms with van der Waals surface area (Å²) in [5.74, 6) is 1.50. The molecule has 0 aliphatic carbocycles. The van der Waals surface area contributed by atoms with Gasteiger partial charge in [-0.1, -0.05) is 23.7 Å². The fourth-order valence-electron chi connectivity index (χ4n) is 2.51. The molecular formula is C19H24ClNO3. The number of rotatable bonds is 8. The lowest BCUT2D eigenvalue weighted by Crippen LogP contribution is -2.26. The summed E-state index contributed by atoms with van der Waals surface area (Å²) in [7, 11) is 3.18. The zero-order chi connectivity index (χ0) is 17.5. The zero-order valence-corrected chi connectivity index (χ0v) is 15.1. The van der Waals surface area contributed by atoms with Crippen molar-refractivity contribution in [3.05, 3.63) is 52.5 Å². The molecule has 0 aliphatic rings. The van der Waals surface area contributed by atoms with Crippen LogP contribution in [0.5, 0.6) is 17.2 Å². The molecule has 2 aromatic carbocycles. The standard InChI is InChI=1S/C19H24ClNO3/c1-13(4-5-14-6-8-16(22)9-7-14)21-12-15-10-17(20)19(24-3)18(11-15)23-2/h6-11,13,21-22H,4-5,12H2,1-3H3. The Morgan fingerprint density at radius 1 is 1.08 bits per heavy atom. The summed E-state index contributed by atoms with van der Waals surface area (Å²) in [6, 6.07) is 11.5. The smallest absolute Gasteiger partial charge is 0.179 e. The lowest BCUT2D eigenvalue weighted by molar-refractivity contribution is 0.354. The zero-order valence-electron chi connectivity index (χ0n) is 14.3. The highest BCUT2D eigenvalue weighted by Gasteiger charge is 2.11. The Morgan fingerprint density at radius 3 is 2.42 bits per heavy atom. The molecule has 2 N–H and O–H groups in total. The third kappa shape index (κ3) is 5.05. The first kappa shape index (κ1) is 18.4. The molecule has 5 heteroatoms. The van der Waals surface area contributed by atoms with Crippen LogP contribution in [0.1, 0.15) is 24.5 Å². The minimum absolute atomic E-state index is 0.301. The Balaban J connectivity index is 1.88. The Labute approximate surface area is 148 Å². The number of nitrogens with one attached hydrogen (secondary N) is 1. The van der Waals surface area contributed by atoms with Crippen molar-refractivity contribution in [1.29, 1.82) is 0 Å². The van der Waals surface area contributed by atoms with E-state index in [-0.39, 0.29) is 0 Å². The van der Waals surface area contributed by atoms with Gasteiger partial charge in [0.1, 0.15) is 5.75 Å². The Morgan fingerprint density at radius 2 is 1.79 bits per heavy atom. The average Bonchev–Trinajstić information content (AvgIpc) is 2.58. The summed E-state index contributed by atoms with van der Waals surface area (Å²) in [5, 5.41) is 13.3. The van der Waals surface area contributed by atoms with E-state index in [0.717, 1.165) is 18.4 Å². The molecule has 0 bridgehead atoms. The monoisotopic (exact) mass is 349 g/mol. The normalized spacial score (nSPS) is 12.0. The van der Waals surface area contributed by atoms with Crippen molar-refractivity contribution in [1.82, 2.24) is 5.32 Å². The molecule has 0 saturated carbocycles. The maximum absolute atomic E-state index is 9.30. The topological polar surface area (TPSA) is 50.7 Å². The van der Waals surface area contributed by atoms with Gasteiger partial charge in [0.05, 0.1) is 19.2 Å². The van der Waals surface area contributed by atoms with Crippen LogP contribution >= 0.6 is 11.6 Å². The summed E-state index contributed by atoms with van der Waals surface area (Å²) in [5.41, 5.74) is 2.27. The first-order valence-corrected chi connectivity index (χ1v) is 8.33. The second kappa shape index (κ2) is 8.81. The number of methoxy groups -OCH3 is 2. The van der Waals surface area contributed by atoms with Crippen LogP contribution in [-0.2, 0) is 13.0 Å². The van der Waals surface area contributed by atoms with Gasteiger partial charge in [0.2, 0.25) is 0 Å². The maximum Gasteiger partial charge on any atom is 0.179 e. The van der Waals surface area contributed by atoms with Gasteiger partial charge in [0.15, 0.2) is 11.5 Å². The highest BCUT2D eigenvalue weighted by molar-refractivity contribution is 6.32. The number of benzene rings is 2. The molecule has 0 amide bonds. The average molecular weight is 350 g/mol. The number of aryl methyl sites for hydroxylation is 1. The van der Waals surface area contributed by atoms with E-state index in [1.807, 2.05) is 24.3 Å². The van der Waals surface area contributed by atoms with Crippen LogP contribution in [0, 0.1) is 0 Å². The predicted molar refractivity (Wildman–Crippen MR) is 97.3 cm³/mol. The molecule has 2 aromatic rings. The lowest BCUT2D eigenvalue weighted by Gasteiger charge is -2.16. The van der Waals surface area contributed by atoms with E-state index in [0.29, 0.717) is 34.9 Å². The Hall–Kier alpha value is -1.91. The van der Waals surface area contributed by atoms with Gasteiger partial charge >= 0.3 is 0 Å². The quantitative estimate of drug-likeness (QED) is 0.750. The van der Waals surface area contributed by atoms with Crippen molar-refractivity contribution < 1.29 is 14.6 Å². The first-order chi connectivity index (χ1) is 11.5. The van der Waals surface area contributed by atoms with Crippen molar-refractivity contribution >= 4 is 11.6 Å². The van der Waals surface area contributed by atoms with E-state index in [9.17, 15) is 5.11 Å². The van der Waals surface area contributed by atoms with Gasteiger partial charge in [0, 0.05) is 12.6 Å². The van der Waals surface area contributed by atoms with E-state index in [4.69, 9.17) is 21.1 Å². The van der Waals surface area contributed by atoms with E-state index in [2.05, 4.69) is 12.2 Å². The molecule has 0 radical (unpaired) electrons. The predicted octanol–water partition coefficient (Wildman–Crippen LogP) is 4.17. The molecule has 0 fully saturated rings. The number of halogens is 1. The van der Waals surface area contributed by atoms with Crippen molar-refractivity contribution in [3.8, 4) is 17.2 Å². The van der Waals surface area contributed by atoms with Crippen molar-refractivity contribution in [2.24, 2.45) is 0 Å². The summed E-state index contributed by atoms with van der Waals surface area (Å²) in [6.45, 7) is 2.86. The Kier molecular flexibility index (Phi) is 6.76. The molecule has 0 aromatic heterocycles. The van der Waals surface area contributed by atoms with Crippen LogP contribution < -0.4 is 14.8 Å². The Bertz CT molecular complexity index is 658. The minimum atomic E-state index is 0.301. The molecular weight excluding hydrogens is 326 g/mol. The van der Waals surface area contributed by atoms with Crippen molar-refractivity contribution in [2.45, 2.75) is 32.4 Å². The van der Waals surface area contributed by atoms with Gasteiger partial charge in [-0.15, -0.1) is 0 Å². The highest BCUT2D eigenvalue weighted by atomic mass is 35.5. The molecule has 0 heterocycles. The fraction of sp³-hybridized carbons (Fsp3) is 0.368. The van der Waals surface area contributed by atoms with E-state index >= 15 is 0 Å². The largest absolute Gasteiger partial charge is 0.508 e. The SMILES string of the molecule is COc1cc(CNC(C)CCc2ccc(O)cc2)cc(Cl)c1OC. The number of hydrogen-bond donors (Lipinski definition) is 2. The number of aromatic hydroxyl groups is 1. The fourth-order valence-corrected chi connectivity index (χ4v) is 2.82. The summed E-state index contributed by atoms with van der Waals surface area (Å²) < 4.78 is 10.6. The van der Waals surface area contributed by atoms with Gasteiger partial charge in [0.25, 0.3) is 0 Å². The van der Waals surface area contributed by atoms with Crippen LogP contribution in [0.25, 0.3) is 0 Å². The molecule has 0 spiro atoms. The molecule has 2 rings (SSSR count). The first-order valence-electron chi connectivity index (χ1n) is 7.95. The van der Waals surface area contributed by atoms with Gasteiger partial charge in [-0.05, 0) is 55.2 Å². The van der Waals surface area contributed by atoms with Crippen LogP contribution in [0.4, 0.5) is 0 Å². The van der Waals surface area contributed by atoms with E-state index in [1.165, 1.54) is 5.56 Å². The van der Waals surface area contributed by atoms with Crippen molar-refractivity contribution in [3.63, 3.8) is 0 Å². The molecule has 1 unspecified atom stereocenters. The van der Waals surface area contributed by atoms with E-state index < -0.39 is 0 Å². The second-order valence-corrected chi connectivity index (χ2v) is 6.21. The molecule has 130 valence electrons. The molecule has 0 saturated heterocycles. The van der Waals surface area contributed by atoms with Crippen LogP contribution in [-0.4, -0.2) is 25.4 Å². The second-order valence-electron chi connectivity index (χ2n) is 5.80. The van der Waals surface area contributed by atoms with Gasteiger partial charge < -0.3 is 19.9 Å². The number of phenolic OH excluding ortho intramolecular Hbond substituents is 1. The van der Waals surface area contributed by atoms with Gasteiger partial charge in [-0.25, -0.2) is 0 Å². The molecule has 1 atom stereocenters. The number of hydrogen-bond acceptors (Lipinski definition) is 4. The van der Waals surface area contributed by atoms with Gasteiger partial charge in [-0.3, -0.25) is 0 Å². The van der Waals surface area contributed by atoms with Crippen molar-refractivity contribution in [2.75, 3.05) is 14.2 Å². The summed E-state index contributed by atoms with van der Waals surface area (Å²) in [4.78, 5) is 0. The van der Waals surface area contributed by atoms with E-state index in [1.54, 1.807) is 26.4 Å². The molecule has 4 nitrogen and oxygen atoms in total. The van der Waals surface area contributed by atoms with Crippen LogP contribution in [0.15, 0.2) is 36.4 Å². The summed E-state index contributed by atoms with van der Waals surface area (Å²) in [6.07, 6.45) is 1.97. The maximum atomic E-state index is 9.30. The van der Waals surface area contributed by atoms with Crippen LogP contribution in [0.2, 0.25) is 5.02 Å². The highest BCUT2D eigenvalue weighted by Crippen LogP contribution is 2.35. The van der Waals surface area contributed by atoms with Gasteiger partial charge in [-0.2, -0.15) is 0 Å². The number of phenols is 1.